The largest absolute Gasteiger partial charge is 0.385 e. The Hall–Kier alpha value is -1.28. The molecule has 0 fully saturated rings. The predicted molar refractivity (Wildman–Crippen MR) is 86.7 cm³/mol. The van der Waals surface area contributed by atoms with Gasteiger partial charge in [-0.2, -0.15) is 0 Å². The molecule has 100 valence electrons. The summed E-state index contributed by atoms with van der Waals surface area (Å²) in [5, 5.41) is 3.51. The van der Waals surface area contributed by atoms with Gasteiger partial charge in [0.05, 0.1) is 0 Å². The van der Waals surface area contributed by atoms with Gasteiger partial charge in [0, 0.05) is 16.7 Å². The van der Waals surface area contributed by atoms with Gasteiger partial charge < -0.3 is 5.32 Å². The van der Waals surface area contributed by atoms with Gasteiger partial charge >= 0.3 is 0 Å². The Balaban J connectivity index is 1.71. The van der Waals surface area contributed by atoms with E-state index in [1.54, 1.807) is 0 Å². The highest BCUT2D eigenvalue weighted by molar-refractivity contribution is 9.10. The Morgan fingerprint density at radius 3 is 2.58 bits per heavy atom. The monoisotopic (exact) mass is 317 g/mol. The molecule has 0 spiro atoms. The first-order valence-corrected chi connectivity index (χ1v) is 7.59. The van der Waals surface area contributed by atoms with Crippen molar-refractivity contribution in [3.05, 3.63) is 64.1 Å². The van der Waals surface area contributed by atoms with Gasteiger partial charge in [-0.05, 0) is 49.4 Å². The second-order valence-electron chi connectivity index (χ2n) is 4.83. The zero-order valence-electron chi connectivity index (χ0n) is 11.3. The van der Waals surface area contributed by atoms with E-state index in [4.69, 9.17) is 0 Å². The van der Waals surface area contributed by atoms with E-state index in [0.717, 1.165) is 11.0 Å². The Morgan fingerprint density at radius 1 is 1.00 bits per heavy atom. The maximum Gasteiger partial charge on any atom is 0.0381 e. The lowest BCUT2D eigenvalue weighted by atomic mass is 10.1. The SMILES string of the molecule is Cc1ccc(Br)cc1NCCCCc1ccccc1. The molecule has 0 aromatic heterocycles. The fourth-order valence-electron chi connectivity index (χ4n) is 2.11. The standard InChI is InChI=1S/C17H20BrN/c1-14-10-11-16(18)13-17(14)19-12-6-5-9-15-7-3-2-4-8-15/h2-4,7-8,10-11,13,19H,5-6,9,12H2,1H3. The van der Waals surface area contributed by atoms with Crippen molar-refractivity contribution in [2.45, 2.75) is 26.2 Å². The molecule has 0 unspecified atom stereocenters. The van der Waals surface area contributed by atoms with Crippen LogP contribution in [0.3, 0.4) is 0 Å². The summed E-state index contributed by atoms with van der Waals surface area (Å²) in [5.41, 5.74) is 3.96. The van der Waals surface area contributed by atoms with Crippen LogP contribution < -0.4 is 5.32 Å². The average molecular weight is 318 g/mol. The van der Waals surface area contributed by atoms with Crippen LogP contribution >= 0.6 is 15.9 Å². The molecule has 1 nitrogen and oxygen atoms in total. The minimum absolute atomic E-state index is 1.03. The zero-order valence-corrected chi connectivity index (χ0v) is 12.9. The highest BCUT2D eigenvalue weighted by Crippen LogP contribution is 2.20. The van der Waals surface area contributed by atoms with E-state index >= 15 is 0 Å². The number of anilines is 1. The molecule has 0 amide bonds. The van der Waals surface area contributed by atoms with Crippen LogP contribution in [-0.2, 0) is 6.42 Å². The van der Waals surface area contributed by atoms with E-state index in [2.05, 4.69) is 76.7 Å². The molecule has 0 aliphatic rings. The lowest BCUT2D eigenvalue weighted by Crippen LogP contribution is -2.03. The maximum atomic E-state index is 3.51. The van der Waals surface area contributed by atoms with Crippen LogP contribution in [0, 0.1) is 6.92 Å². The Bertz CT molecular complexity index is 508. The first-order valence-electron chi connectivity index (χ1n) is 6.79. The number of unbranched alkanes of at least 4 members (excludes halogenated alkanes) is 1. The molecule has 2 aromatic rings. The normalized spacial score (nSPS) is 10.4. The fourth-order valence-corrected chi connectivity index (χ4v) is 2.47. The molecule has 1 N–H and O–H groups in total. The number of aryl methyl sites for hydroxylation is 2. The van der Waals surface area contributed by atoms with Crippen LogP contribution in [-0.4, -0.2) is 6.54 Å². The third kappa shape index (κ3) is 4.71. The smallest absolute Gasteiger partial charge is 0.0381 e. The second kappa shape index (κ2) is 7.34. The Morgan fingerprint density at radius 2 is 1.79 bits per heavy atom. The summed E-state index contributed by atoms with van der Waals surface area (Å²) in [6.45, 7) is 3.17. The van der Waals surface area contributed by atoms with Crippen LogP contribution in [0.5, 0.6) is 0 Å². The number of benzene rings is 2. The quantitative estimate of drug-likeness (QED) is 0.723. The summed E-state index contributed by atoms with van der Waals surface area (Å²) >= 11 is 3.51. The number of hydrogen-bond donors (Lipinski definition) is 1. The number of rotatable bonds is 6. The topological polar surface area (TPSA) is 12.0 Å². The average Bonchev–Trinajstić information content (AvgIpc) is 2.43. The van der Waals surface area contributed by atoms with E-state index in [-0.39, 0.29) is 0 Å². The van der Waals surface area contributed by atoms with Crippen molar-refractivity contribution in [3.8, 4) is 0 Å². The first kappa shape index (κ1) is 14.1. The van der Waals surface area contributed by atoms with Crippen molar-refractivity contribution in [2.24, 2.45) is 0 Å². The third-order valence-corrected chi connectivity index (χ3v) is 3.74. The minimum Gasteiger partial charge on any atom is -0.385 e. The van der Waals surface area contributed by atoms with Gasteiger partial charge in [0.2, 0.25) is 0 Å². The molecule has 2 rings (SSSR count). The van der Waals surface area contributed by atoms with E-state index in [1.807, 2.05) is 0 Å². The second-order valence-corrected chi connectivity index (χ2v) is 5.74. The van der Waals surface area contributed by atoms with Crippen LogP contribution in [0.4, 0.5) is 5.69 Å². The number of nitrogens with one attached hydrogen (secondary N) is 1. The van der Waals surface area contributed by atoms with Gasteiger partial charge in [0.1, 0.15) is 0 Å². The van der Waals surface area contributed by atoms with Crippen LogP contribution in [0.1, 0.15) is 24.0 Å². The summed E-state index contributed by atoms with van der Waals surface area (Å²) in [5.74, 6) is 0. The van der Waals surface area contributed by atoms with Crippen molar-refractivity contribution >= 4 is 21.6 Å². The van der Waals surface area contributed by atoms with Crippen molar-refractivity contribution in [3.63, 3.8) is 0 Å². The number of halogens is 1. The van der Waals surface area contributed by atoms with Crippen LogP contribution in [0.2, 0.25) is 0 Å². The zero-order chi connectivity index (χ0) is 13.5. The number of hydrogen-bond acceptors (Lipinski definition) is 1. The lowest BCUT2D eigenvalue weighted by molar-refractivity contribution is 0.763. The molecule has 0 aliphatic heterocycles. The van der Waals surface area contributed by atoms with E-state index in [9.17, 15) is 0 Å². The summed E-state index contributed by atoms with van der Waals surface area (Å²) in [7, 11) is 0. The molecule has 0 bridgehead atoms. The molecule has 19 heavy (non-hydrogen) atoms. The molecule has 2 aromatic carbocycles. The maximum absolute atomic E-state index is 3.51. The minimum atomic E-state index is 1.03. The van der Waals surface area contributed by atoms with Gasteiger partial charge in [0.25, 0.3) is 0 Å². The molecule has 0 saturated heterocycles. The van der Waals surface area contributed by atoms with Crippen molar-refractivity contribution < 1.29 is 0 Å². The summed E-state index contributed by atoms with van der Waals surface area (Å²) in [4.78, 5) is 0. The Labute approximate surface area is 124 Å². The van der Waals surface area contributed by atoms with Crippen molar-refractivity contribution in [1.29, 1.82) is 0 Å². The molecular weight excluding hydrogens is 298 g/mol. The first-order chi connectivity index (χ1) is 9.25. The molecule has 0 saturated carbocycles. The van der Waals surface area contributed by atoms with Crippen molar-refractivity contribution in [1.82, 2.24) is 0 Å². The summed E-state index contributed by atoms with van der Waals surface area (Å²) < 4.78 is 1.13. The molecule has 0 aliphatic carbocycles. The van der Waals surface area contributed by atoms with Gasteiger partial charge in [-0.3, -0.25) is 0 Å². The van der Waals surface area contributed by atoms with E-state index < -0.39 is 0 Å². The van der Waals surface area contributed by atoms with E-state index in [0.29, 0.717) is 0 Å². The van der Waals surface area contributed by atoms with Gasteiger partial charge in [-0.25, -0.2) is 0 Å². The third-order valence-electron chi connectivity index (χ3n) is 3.25. The highest BCUT2D eigenvalue weighted by atomic mass is 79.9. The molecular formula is C17H20BrN. The molecule has 2 heteroatoms. The molecule has 0 heterocycles. The molecule has 0 atom stereocenters. The lowest BCUT2D eigenvalue weighted by Gasteiger charge is -2.10. The van der Waals surface area contributed by atoms with Crippen LogP contribution in [0.15, 0.2) is 53.0 Å². The van der Waals surface area contributed by atoms with E-state index in [1.165, 1.54) is 36.1 Å². The molecule has 0 radical (unpaired) electrons. The van der Waals surface area contributed by atoms with Gasteiger partial charge in [-0.15, -0.1) is 0 Å². The Kier molecular flexibility index (Phi) is 5.46. The summed E-state index contributed by atoms with van der Waals surface area (Å²) in [6, 6.07) is 17.1. The van der Waals surface area contributed by atoms with Gasteiger partial charge in [0.15, 0.2) is 0 Å². The van der Waals surface area contributed by atoms with Crippen molar-refractivity contribution in [2.75, 3.05) is 11.9 Å². The van der Waals surface area contributed by atoms with Gasteiger partial charge in [-0.1, -0.05) is 52.3 Å². The fraction of sp³-hybridized carbons (Fsp3) is 0.294. The highest BCUT2D eigenvalue weighted by Gasteiger charge is 1.98. The summed E-state index contributed by atoms with van der Waals surface area (Å²) in [6.07, 6.45) is 3.59. The predicted octanol–water partition coefficient (Wildman–Crippen LogP) is 5.19. The van der Waals surface area contributed by atoms with Crippen LogP contribution in [0.25, 0.3) is 0 Å².